The lowest BCUT2D eigenvalue weighted by Gasteiger charge is -2.03. The number of carboxylic acid groups (broad SMARTS) is 1. The van der Waals surface area contributed by atoms with Gasteiger partial charge in [-0.15, -0.1) is 0 Å². The maximum absolute atomic E-state index is 10.6. The summed E-state index contributed by atoms with van der Waals surface area (Å²) >= 11 is 0. The van der Waals surface area contributed by atoms with Crippen LogP contribution in [0.4, 0.5) is 0 Å². The SMILES string of the molecule is CC#CC(=O)NC(C)C(=O)O. The van der Waals surface area contributed by atoms with Gasteiger partial charge in [-0.05, 0) is 19.8 Å². The first-order valence-electron chi connectivity index (χ1n) is 3.04. The molecule has 1 unspecified atom stereocenters. The van der Waals surface area contributed by atoms with Crippen LogP contribution < -0.4 is 5.32 Å². The molecule has 0 radical (unpaired) electrons. The minimum atomic E-state index is -1.07. The third-order valence-electron chi connectivity index (χ3n) is 0.957. The summed E-state index contributed by atoms with van der Waals surface area (Å²) < 4.78 is 0. The lowest BCUT2D eigenvalue weighted by atomic mass is 10.3. The van der Waals surface area contributed by atoms with E-state index >= 15 is 0 Å². The number of carbonyl (C=O) groups excluding carboxylic acids is 1. The largest absolute Gasteiger partial charge is 0.480 e. The average Bonchev–Trinajstić information content (AvgIpc) is 1.87. The van der Waals surface area contributed by atoms with Crippen LogP contribution in [0.15, 0.2) is 0 Å². The van der Waals surface area contributed by atoms with Crippen LogP contribution in [-0.4, -0.2) is 23.0 Å². The van der Waals surface area contributed by atoms with Gasteiger partial charge in [0, 0.05) is 0 Å². The molecule has 0 saturated carbocycles. The van der Waals surface area contributed by atoms with Crippen molar-refractivity contribution >= 4 is 11.9 Å². The molecule has 0 aliphatic rings. The fourth-order valence-electron chi connectivity index (χ4n) is 0.408. The zero-order chi connectivity index (χ0) is 8.85. The Kier molecular flexibility index (Phi) is 3.75. The zero-order valence-corrected chi connectivity index (χ0v) is 6.34. The molecule has 0 heterocycles. The highest BCUT2D eigenvalue weighted by atomic mass is 16.4. The fraction of sp³-hybridized carbons (Fsp3) is 0.429. The van der Waals surface area contributed by atoms with Gasteiger partial charge in [0.15, 0.2) is 0 Å². The van der Waals surface area contributed by atoms with E-state index in [1.165, 1.54) is 13.8 Å². The predicted molar refractivity (Wildman–Crippen MR) is 38.7 cm³/mol. The standard InChI is InChI=1S/C7H9NO3/c1-3-4-6(9)8-5(2)7(10)11/h5H,1-2H3,(H,8,9)(H,10,11). The average molecular weight is 155 g/mol. The molecular weight excluding hydrogens is 146 g/mol. The third-order valence-corrected chi connectivity index (χ3v) is 0.957. The molecule has 0 aromatic rings. The Labute approximate surface area is 64.6 Å². The van der Waals surface area contributed by atoms with Gasteiger partial charge in [0.1, 0.15) is 6.04 Å². The maximum atomic E-state index is 10.6. The fourth-order valence-corrected chi connectivity index (χ4v) is 0.408. The Bertz CT molecular complexity index is 224. The van der Waals surface area contributed by atoms with Crippen LogP contribution in [0.2, 0.25) is 0 Å². The van der Waals surface area contributed by atoms with E-state index in [0.29, 0.717) is 0 Å². The molecule has 60 valence electrons. The molecule has 11 heavy (non-hydrogen) atoms. The van der Waals surface area contributed by atoms with E-state index < -0.39 is 17.9 Å². The Morgan fingerprint density at radius 3 is 2.45 bits per heavy atom. The van der Waals surface area contributed by atoms with Crippen molar-refractivity contribution in [1.82, 2.24) is 5.32 Å². The lowest BCUT2D eigenvalue weighted by molar-refractivity contribution is -0.140. The topological polar surface area (TPSA) is 66.4 Å². The van der Waals surface area contributed by atoms with Crippen LogP contribution in [-0.2, 0) is 9.59 Å². The van der Waals surface area contributed by atoms with Crippen LogP contribution in [0.1, 0.15) is 13.8 Å². The monoisotopic (exact) mass is 155 g/mol. The highest BCUT2D eigenvalue weighted by Crippen LogP contribution is 1.79. The van der Waals surface area contributed by atoms with E-state index in [-0.39, 0.29) is 0 Å². The van der Waals surface area contributed by atoms with Crippen molar-refractivity contribution in [3.63, 3.8) is 0 Å². The van der Waals surface area contributed by atoms with E-state index in [4.69, 9.17) is 5.11 Å². The molecule has 0 saturated heterocycles. The molecule has 0 aliphatic heterocycles. The molecule has 0 bridgehead atoms. The van der Waals surface area contributed by atoms with E-state index in [1.807, 2.05) is 0 Å². The first-order chi connectivity index (χ1) is 5.07. The Balaban J connectivity index is 3.92. The molecule has 0 rings (SSSR count). The first-order valence-corrected chi connectivity index (χ1v) is 3.04. The Morgan fingerprint density at radius 2 is 2.09 bits per heavy atom. The number of rotatable bonds is 2. The van der Waals surface area contributed by atoms with Gasteiger partial charge < -0.3 is 10.4 Å². The van der Waals surface area contributed by atoms with Gasteiger partial charge in [-0.25, -0.2) is 0 Å². The molecule has 0 fully saturated rings. The van der Waals surface area contributed by atoms with E-state index in [9.17, 15) is 9.59 Å². The normalized spacial score (nSPS) is 10.7. The summed E-state index contributed by atoms with van der Waals surface area (Å²) in [6.45, 7) is 2.88. The third kappa shape index (κ3) is 3.98. The molecule has 0 spiro atoms. The van der Waals surface area contributed by atoms with Crippen LogP contribution in [0.5, 0.6) is 0 Å². The molecular formula is C7H9NO3. The number of amides is 1. The van der Waals surface area contributed by atoms with Crippen molar-refractivity contribution in [2.45, 2.75) is 19.9 Å². The molecule has 4 heteroatoms. The summed E-state index contributed by atoms with van der Waals surface area (Å²) in [6.07, 6.45) is 0. The number of nitrogens with one attached hydrogen (secondary N) is 1. The number of aliphatic carboxylic acids is 1. The second kappa shape index (κ2) is 4.34. The van der Waals surface area contributed by atoms with Crippen LogP contribution >= 0.6 is 0 Å². The van der Waals surface area contributed by atoms with Gasteiger partial charge in [0.05, 0.1) is 0 Å². The molecule has 2 N–H and O–H groups in total. The lowest BCUT2D eigenvalue weighted by Crippen LogP contribution is -2.37. The van der Waals surface area contributed by atoms with Gasteiger partial charge in [-0.1, -0.05) is 5.92 Å². The predicted octanol–water partition coefficient (Wildman–Crippen LogP) is -0.401. The summed E-state index contributed by atoms with van der Waals surface area (Å²) in [5.74, 6) is 2.88. The molecule has 0 aromatic carbocycles. The van der Waals surface area contributed by atoms with Gasteiger partial charge in [-0.3, -0.25) is 9.59 Å². The van der Waals surface area contributed by atoms with Gasteiger partial charge in [0.2, 0.25) is 0 Å². The van der Waals surface area contributed by atoms with Crippen molar-refractivity contribution in [2.24, 2.45) is 0 Å². The van der Waals surface area contributed by atoms with Crippen molar-refractivity contribution in [1.29, 1.82) is 0 Å². The van der Waals surface area contributed by atoms with Gasteiger partial charge in [0.25, 0.3) is 5.91 Å². The van der Waals surface area contributed by atoms with E-state index in [1.54, 1.807) is 0 Å². The molecule has 1 atom stereocenters. The van der Waals surface area contributed by atoms with Crippen LogP contribution in [0.3, 0.4) is 0 Å². The van der Waals surface area contributed by atoms with E-state index in [2.05, 4.69) is 17.2 Å². The van der Waals surface area contributed by atoms with Crippen molar-refractivity contribution in [2.75, 3.05) is 0 Å². The summed E-state index contributed by atoms with van der Waals surface area (Å²) in [4.78, 5) is 20.8. The maximum Gasteiger partial charge on any atom is 0.325 e. The minimum Gasteiger partial charge on any atom is -0.480 e. The van der Waals surface area contributed by atoms with Gasteiger partial charge in [-0.2, -0.15) is 0 Å². The highest BCUT2D eigenvalue weighted by Gasteiger charge is 2.11. The molecule has 0 aromatic heterocycles. The smallest absolute Gasteiger partial charge is 0.325 e. The number of carboxylic acids is 1. The number of carbonyl (C=O) groups is 2. The molecule has 4 nitrogen and oxygen atoms in total. The van der Waals surface area contributed by atoms with Gasteiger partial charge >= 0.3 is 5.97 Å². The van der Waals surface area contributed by atoms with Crippen molar-refractivity contribution in [3.05, 3.63) is 0 Å². The number of hydrogen-bond donors (Lipinski definition) is 2. The first kappa shape index (κ1) is 9.50. The zero-order valence-electron chi connectivity index (χ0n) is 6.34. The van der Waals surface area contributed by atoms with Crippen LogP contribution in [0.25, 0.3) is 0 Å². The Morgan fingerprint density at radius 1 is 1.55 bits per heavy atom. The summed E-state index contributed by atoms with van der Waals surface area (Å²) in [7, 11) is 0. The second-order valence-corrected chi connectivity index (χ2v) is 1.91. The summed E-state index contributed by atoms with van der Waals surface area (Å²) in [5, 5.41) is 10.5. The van der Waals surface area contributed by atoms with Crippen molar-refractivity contribution in [3.8, 4) is 11.8 Å². The quantitative estimate of drug-likeness (QED) is 0.533. The summed E-state index contributed by atoms with van der Waals surface area (Å²) in [6, 6.07) is -0.886. The number of hydrogen-bond acceptors (Lipinski definition) is 2. The highest BCUT2D eigenvalue weighted by molar-refractivity contribution is 5.95. The molecule has 0 aliphatic carbocycles. The summed E-state index contributed by atoms with van der Waals surface area (Å²) in [5.41, 5.74) is 0. The van der Waals surface area contributed by atoms with Crippen molar-refractivity contribution < 1.29 is 14.7 Å². The second-order valence-electron chi connectivity index (χ2n) is 1.91. The Hall–Kier alpha value is -1.50. The van der Waals surface area contributed by atoms with E-state index in [0.717, 1.165) is 0 Å². The molecule has 1 amide bonds. The van der Waals surface area contributed by atoms with Crippen LogP contribution in [0, 0.1) is 11.8 Å². The minimum absolute atomic E-state index is 0.567.